The minimum absolute atomic E-state index is 0.0765. The van der Waals surface area contributed by atoms with Gasteiger partial charge in [-0.2, -0.15) is 0 Å². The van der Waals surface area contributed by atoms with Crippen LogP contribution in [0.15, 0.2) is 109 Å². The Morgan fingerprint density at radius 1 is 0.820 bits per heavy atom. The predicted octanol–water partition coefficient (Wildman–Crippen LogP) is 7.37. The highest BCUT2D eigenvalue weighted by Gasteiger charge is 2.68. The number of rotatable bonds is 6. The van der Waals surface area contributed by atoms with Gasteiger partial charge >= 0.3 is 0 Å². The monoisotopic (exact) mass is 686 g/mol. The molecular weight excluding hydrogens is 652 g/mol. The zero-order valence-corrected chi connectivity index (χ0v) is 28.3. The van der Waals surface area contributed by atoms with E-state index >= 15 is 0 Å². The molecule has 1 N–H and O–H groups in total. The molecule has 8 nitrogen and oxygen atoms in total. The number of amides is 4. The molecular formula is C41H35ClN2O6. The van der Waals surface area contributed by atoms with Gasteiger partial charge < -0.3 is 9.84 Å². The van der Waals surface area contributed by atoms with Crippen molar-refractivity contribution in [1.82, 2.24) is 0 Å². The molecule has 0 aromatic heterocycles. The fourth-order valence-corrected chi connectivity index (χ4v) is 8.93. The summed E-state index contributed by atoms with van der Waals surface area (Å²) in [5, 5.41) is 12.1. The van der Waals surface area contributed by atoms with E-state index in [4.69, 9.17) is 16.3 Å². The standard InChI is InChI=1S/C41H35ClN2O6/c1-23-13-14-26(19-33(23)42)43-37(46)30-18-17-28-31(35(30)39(43)48)21-32-38(47)44(25-11-7-4-8-12-25)40(49)41(32,2)36(28)29-16-15-27(20-34(29)45)50-22-24-9-5-3-6-10-24/h3-17,19-20,30-32,35-36,45H,18,21-22H2,1-2H3/t30-,31+,32-,35-,36+,41+/m0/s1. The molecule has 4 aliphatic rings. The number of carbonyl (C=O) groups is 4. The highest BCUT2D eigenvalue weighted by molar-refractivity contribution is 6.32. The Bertz CT molecular complexity index is 2100. The zero-order chi connectivity index (χ0) is 34.9. The number of imide groups is 2. The second-order valence-electron chi connectivity index (χ2n) is 13.9. The van der Waals surface area contributed by atoms with Gasteiger partial charge in [0.25, 0.3) is 0 Å². The van der Waals surface area contributed by atoms with E-state index in [-0.39, 0.29) is 42.2 Å². The van der Waals surface area contributed by atoms with Gasteiger partial charge in [0.05, 0.1) is 34.5 Å². The van der Waals surface area contributed by atoms with Gasteiger partial charge in [0, 0.05) is 22.6 Å². The molecule has 6 atom stereocenters. The number of anilines is 2. The maximum absolute atomic E-state index is 14.6. The molecule has 1 saturated carbocycles. The molecule has 3 fully saturated rings. The van der Waals surface area contributed by atoms with Crippen molar-refractivity contribution in [3.8, 4) is 11.5 Å². The lowest BCUT2D eigenvalue weighted by Crippen LogP contribution is -2.48. The lowest BCUT2D eigenvalue weighted by molar-refractivity contribution is -0.131. The van der Waals surface area contributed by atoms with Crippen LogP contribution in [-0.4, -0.2) is 28.7 Å². The first-order valence-corrected chi connectivity index (χ1v) is 17.2. The number of aromatic hydroxyl groups is 1. The highest BCUT2D eigenvalue weighted by atomic mass is 35.5. The van der Waals surface area contributed by atoms with Crippen LogP contribution in [0.1, 0.15) is 42.4 Å². The van der Waals surface area contributed by atoms with Crippen molar-refractivity contribution in [1.29, 1.82) is 0 Å². The summed E-state index contributed by atoms with van der Waals surface area (Å²) in [6.45, 7) is 3.96. The van der Waals surface area contributed by atoms with Crippen LogP contribution in [0.5, 0.6) is 11.5 Å². The van der Waals surface area contributed by atoms with Crippen LogP contribution < -0.4 is 14.5 Å². The van der Waals surface area contributed by atoms with E-state index in [2.05, 4.69) is 0 Å². The first-order valence-electron chi connectivity index (χ1n) is 16.9. The molecule has 2 aliphatic carbocycles. The molecule has 252 valence electrons. The Labute approximate surface area is 294 Å². The van der Waals surface area contributed by atoms with Crippen molar-refractivity contribution in [3.63, 3.8) is 0 Å². The number of hydrogen-bond acceptors (Lipinski definition) is 6. The minimum Gasteiger partial charge on any atom is -0.508 e. The summed E-state index contributed by atoms with van der Waals surface area (Å²) in [5.41, 5.74) is 2.66. The molecule has 2 heterocycles. The van der Waals surface area contributed by atoms with E-state index in [1.165, 1.54) is 15.9 Å². The first kappa shape index (κ1) is 32.0. The lowest BCUT2D eigenvalue weighted by Gasteiger charge is -2.49. The number of carbonyl (C=O) groups excluding carboxylic acids is 4. The number of allylic oxidation sites excluding steroid dienone is 2. The van der Waals surface area contributed by atoms with Crippen LogP contribution in [0, 0.1) is 36.0 Å². The van der Waals surface area contributed by atoms with Crippen molar-refractivity contribution in [2.24, 2.45) is 29.1 Å². The van der Waals surface area contributed by atoms with Gasteiger partial charge in [-0.1, -0.05) is 83.9 Å². The Hall–Kier alpha value is -5.21. The molecule has 4 aromatic rings. The molecule has 4 aromatic carbocycles. The second-order valence-corrected chi connectivity index (χ2v) is 14.3. The van der Waals surface area contributed by atoms with E-state index in [0.29, 0.717) is 34.3 Å². The highest BCUT2D eigenvalue weighted by Crippen LogP contribution is 2.64. The number of phenols is 1. The van der Waals surface area contributed by atoms with E-state index in [1.807, 2.05) is 49.4 Å². The number of phenolic OH excluding ortho intramolecular Hbond substituents is 1. The number of halogens is 1. The number of benzene rings is 4. The van der Waals surface area contributed by atoms with Crippen LogP contribution in [0.2, 0.25) is 5.02 Å². The molecule has 0 radical (unpaired) electrons. The quantitative estimate of drug-likeness (QED) is 0.168. The van der Waals surface area contributed by atoms with Gasteiger partial charge in [-0.05, 0) is 74.1 Å². The third-order valence-corrected chi connectivity index (χ3v) is 11.7. The number of ether oxygens (including phenoxy) is 1. The molecule has 8 rings (SSSR count). The second kappa shape index (κ2) is 12.0. The van der Waals surface area contributed by atoms with Crippen LogP contribution in [0.25, 0.3) is 0 Å². The van der Waals surface area contributed by atoms with Gasteiger partial charge in [-0.15, -0.1) is 0 Å². The summed E-state index contributed by atoms with van der Waals surface area (Å²) in [6.07, 6.45) is 2.48. The van der Waals surface area contributed by atoms with Crippen molar-refractivity contribution < 1.29 is 29.0 Å². The number of fused-ring (bicyclic) bond motifs is 4. The molecule has 0 spiro atoms. The maximum atomic E-state index is 14.6. The van der Waals surface area contributed by atoms with Gasteiger partial charge in [0.1, 0.15) is 18.1 Å². The molecule has 0 bridgehead atoms. The normalized spacial score (nSPS) is 27.2. The summed E-state index contributed by atoms with van der Waals surface area (Å²) in [4.78, 5) is 59.8. The van der Waals surface area contributed by atoms with E-state index in [0.717, 1.165) is 16.7 Å². The zero-order valence-electron chi connectivity index (χ0n) is 27.6. The fraction of sp³-hybridized carbons (Fsp3) is 0.268. The average Bonchev–Trinajstić information content (AvgIpc) is 3.49. The van der Waals surface area contributed by atoms with E-state index in [1.54, 1.807) is 61.5 Å². The summed E-state index contributed by atoms with van der Waals surface area (Å²) >= 11 is 6.42. The summed E-state index contributed by atoms with van der Waals surface area (Å²) in [7, 11) is 0. The van der Waals surface area contributed by atoms with Crippen LogP contribution >= 0.6 is 11.6 Å². The third-order valence-electron chi connectivity index (χ3n) is 11.3. The first-order chi connectivity index (χ1) is 24.1. The fourth-order valence-electron chi connectivity index (χ4n) is 8.76. The van der Waals surface area contributed by atoms with Gasteiger partial charge in [-0.3, -0.25) is 19.2 Å². The van der Waals surface area contributed by atoms with Gasteiger partial charge in [0.15, 0.2) is 0 Å². The average molecular weight is 687 g/mol. The van der Waals surface area contributed by atoms with Crippen LogP contribution in [0.3, 0.4) is 0 Å². The number of nitrogens with zero attached hydrogens (tertiary/aromatic N) is 2. The Morgan fingerprint density at radius 2 is 1.54 bits per heavy atom. The smallest absolute Gasteiger partial charge is 0.241 e. The Kier molecular flexibility index (Phi) is 7.68. The van der Waals surface area contributed by atoms with Gasteiger partial charge in [-0.25, -0.2) is 9.80 Å². The van der Waals surface area contributed by atoms with Crippen molar-refractivity contribution >= 4 is 46.6 Å². The van der Waals surface area contributed by atoms with E-state index < -0.39 is 35.0 Å². The van der Waals surface area contributed by atoms with Crippen molar-refractivity contribution in [2.45, 2.75) is 39.2 Å². The third kappa shape index (κ3) is 4.80. The molecule has 50 heavy (non-hydrogen) atoms. The van der Waals surface area contributed by atoms with Gasteiger partial charge in [0.2, 0.25) is 23.6 Å². The summed E-state index contributed by atoms with van der Waals surface area (Å²) in [5.74, 6) is -4.41. The summed E-state index contributed by atoms with van der Waals surface area (Å²) in [6, 6.07) is 28.7. The van der Waals surface area contributed by atoms with Crippen LogP contribution in [-0.2, 0) is 25.8 Å². The Morgan fingerprint density at radius 3 is 2.24 bits per heavy atom. The Balaban J connectivity index is 1.21. The number of hydrogen-bond donors (Lipinski definition) is 1. The lowest BCUT2D eigenvalue weighted by atomic mass is 9.51. The summed E-state index contributed by atoms with van der Waals surface area (Å²) < 4.78 is 6.00. The molecule has 2 aliphatic heterocycles. The minimum atomic E-state index is -1.28. The molecule has 0 unspecified atom stereocenters. The maximum Gasteiger partial charge on any atom is 0.241 e. The van der Waals surface area contributed by atoms with Crippen LogP contribution in [0.4, 0.5) is 11.4 Å². The molecule has 2 saturated heterocycles. The predicted molar refractivity (Wildman–Crippen MR) is 189 cm³/mol. The molecule has 9 heteroatoms. The van der Waals surface area contributed by atoms with Crippen molar-refractivity contribution in [2.75, 3.05) is 9.80 Å². The van der Waals surface area contributed by atoms with E-state index in [9.17, 15) is 24.3 Å². The number of para-hydroxylation sites is 1. The molecule has 4 amide bonds. The van der Waals surface area contributed by atoms with Crippen molar-refractivity contribution in [3.05, 3.63) is 130 Å². The topological polar surface area (TPSA) is 104 Å². The number of aryl methyl sites for hydroxylation is 1. The SMILES string of the molecule is Cc1ccc(N2C(=O)[C@H]3[C@H](CC=C4[C@H]3C[C@H]3C(=O)N(c5ccccc5)C(=O)[C@@]3(C)[C@H]4c3ccc(OCc4ccccc4)cc3O)C2=O)cc1Cl. The largest absolute Gasteiger partial charge is 0.508 e.